The highest BCUT2D eigenvalue weighted by molar-refractivity contribution is 9.08. The van der Waals surface area contributed by atoms with E-state index in [0.29, 0.717) is 0 Å². The number of hydrogen-bond acceptors (Lipinski definition) is 2. The summed E-state index contributed by atoms with van der Waals surface area (Å²) in [7, 11) is 0. The molecule has 2 rings (SSSR count). The fourth-order valence-electron chi connectivity index (χ4n) is 1.78. The fraction of sp³-hybridized carbons (Fsp3) is 0.364. The van der Waals surface area contributed by atoms with Crippen molar-refractivity contribution in [3.63, 3.8) is 0 Å². The molecule has 0 saturated carbocycles. The normalized spacial score (nSPS) is 11.1. The maximum atomic E-state index is 6.03. The molecule has 0 aromatic carbocycles. The molecule has 2 aromatic heterocycles. The van der Waals surface area contributed by atoms with Gasteiger partial charge >= 0.3 is 0 Å². The molecule has 0 spiro atoms. The van der Waals surface area contributed by atoms with Gasteiger partial charge in [0, 0.05) is 11.5 Å². The van der Waals surface area contributed by atoms with Crippen molar-refractivity contribution >= 4 is 27.4 Å². The van der Waals surface area contributed by atoms with E-state index in [1.54, 1.807) is 0 Å². The van der Waals surface area contributed by atoms with Crippen LogP contribution in [0.5, 0.6) is 0 Å². The molecule has 0 radical (unpaired) electrons. The standard InChI is InChI=1S/C11H14BrN3/c1-3-9-10(13)15-6-8(5-12)4-7(2)11(15)14-9/h4,6H,3,5,13H2,1-2H3. The topological polar surface area (TPSA) is 43.3 Å². The van der Waals surface area contributed by atoms with E-state index in [9.17, 15) is 0 Å². The number of alkyl halides is 1. The van der Waals surface area contributed by atoms with Gasteiger partial charge in [0.25, 0.3) is 0 Å². The quantitative estimate of drug-likeness (QED) is 0.851. The zero-order valence-corrected chi connectivity index (χ0v) is 10.5. The predicted molar refractivity (Wildman–Crippen MR) is 66.4 cm³/mol. The van der Waals surface area contributed by atoms with Crippen LogP contribution in [0, 0.1) is 6.92 Å². The summed E-state index contributed by atoms with van der Waals surface area (Å²) in [5, 5.41) is 0.836. The van der Waals surface area contributed by atoms with E-state index in [-0.39, 0.29) is 0 Å². The molecule has 0 aliphatic rings. The van der Waals surface area contributed by atoms with Crippen LogP contribution >= 0.6 is 15.9 Å². The number of nitrogens with zero attached hydrogens (tertiary/aromatic N) is 2. The average Bonchev–Trinajstić information content (AvgIpc) is 2.56. The third-order valence-corrected chi connectivity index (χ3v) is 3.21. The zero-order chi connectivity index (χ0) is 11.0. The minimum atomic E-state index is 0.762. The van der Waals surface area contributed by atoms with Crippen molar-refractivity contribution in [1.82, 2.24) is 9.38 Å². The summed E-state index contributed by atoms with van der Waals surface area (Å²) < 4.78 is 1.98. The number of imidazole rings is 1. The van der Waals surface area contributed by atoms with Crippen LogP contribution in [0.15, 0.2) is 12.3 Å². The lowest BCUT2D eigenvalue weighted by Gasteiger charge is -2.03. The highest BCUT2D eigenvalue weighted by atomic mass is 79.9. The second-order valence-corrected chi connectivity index (χ2v) is 4.22. The van der Waals surface area contributed by atoms with E-state index in [0.717, 1.165) is 28.9 Å². The molecule has 2 heterocycles. The monoisotopic (exact) mass is 267 g/mol. The van der Waals surface area contributed by atoms with Gasteiger partial charge in [0.1, 0.15) is 11.5 Å². The molecule has 3 nitrogen and oxygen atoms in total. The Balaban J connectivity index is 2.77. The Labute approximate surface area is 97.4 Å². The lowest BCUT2D eigenvalue weighted by Crippen LogP contribution is -1.97. The number of rotatable bonds is 2. The second-order valence-electron chi connectivity index (χ2n) is 3.66. The van der Waals surface area contributed by atoms with Gasteiger partial charge in [-0.2, -0.15) is 0 Å². The molecule has 0 atom stereocenters. The molecule has 80 valence electrons. The van der Waals surface area contributed by atoms with Crippen LogP contribution in [0.3, 0.4) is 0 Å². The van der Waals surface area contributed by atoms with Gasteiger partial charge in [-0.15, -0.1) is 0 Å². The van der Waals surface area contributed by atoms with Gasteiger partial charge in [0.2, 0.25) is 0 Å². The molecule has 0 fully saturated rings. The van der Waals surface area contributed by atoms with Crippen LogP contribution < -0.4 is 5.73 Å². The summed E-state index contributed by atoms with van der Waals surface area (Å²) in [6.45, 7) is 4.13. The molecular weight excluding hydrogens is 254 g/mol. The predicted octanol–water partition coefficient (Wildman–Crippen LogP) is 2.68. The second kappa shape index (κ2) is 3.85. The molecule has 2 aromatic rings. The molecule has 4 heteroatoms. The Morgan fingerprint density at radius 2 is 2.27 bits per heavy atom. The van der Waals surface area contributed by atoms with E-state index in [1.807, 2.05) is 10.6 Å². The Morgan fingerprint density at radius 3 is 2.87 bits per heavy atom. The highest BCUT2D eigenvalue weighted by Crippen LogP contribution is 2.20. The van der Waals surface area contributed by atoms with Crippen LogP contribution in [-0.2, 0) is 11.8 Å². The van der Waals surface area contributed by atoms with Crippen molar-refractivity contribution in [3.05, 3.63) is 29.1 Å². The smallest absolute Gasteiger partial charge is 0.141 e. The number of hydrogen-bond donors (Lipinski definition) is 1. The molecule has 0 saturated heterocycles. The number of pyridine rings is 1. The van der Waals surface area contributed by atoms with Gasteiger partial charge in [-0.3, -0.25) is 4.40 Å². The molecule has 0 unspecified atom stereocenters. The molecule has 0 aliphatic heterocycles. The van der Waals surface area contributed by atoms with E-state index >= 15 is 0 Å². The number of fused-ring (bicyclic) bond motifs is 1. The largest absolute Gasteiger partial charge is 0.383 e. The van der Waals surface area contributed by atoms with Gasteiger partial charge in [-0.05, 0) is 24.5 Å². The van der Waals surface area contributed by atoms with Crippen LogP contribution in [0.4, 0.5) is 5.82 Å². The summed E-state index contributed by atoms with van der Waals surface area (Å²) in [5.74, 6) is 0.762. The van der Waals surface area contributed by atoms with Crippen LogP contribution in [0.25, 0.3) is 5.65 Å². The van der Waals surface area contributed by atoms with Crippen molar-refractivity contribution in [3.8, 4) is 0 Å². The van der Waals surface area contributed by atoms with Crippen molar-refractivity contribution in [2.24, 2.45) is 0 Å². The Kier molecular flexibility index (Phi) is 2.69. The van der Waals surface area contributed by atoms with Crippen LogP contribution in [0.2, 0.25) is 0 Å². The average molecular weight is 268 g/mol. The molecule has 15 heavy (non-hydrogen) atoms. The van der Waals surface area contributed by atoms with Crippen molar-refractivity contribution in [2.45, 2.75) is 25.6 Å². The third kappa shape index (κ3) is 1.63. The van der Waals surface area contributed by atoms with Crippen molar-refractivity contribution in [2.75, 3.05) is 5.73 Å². The Bertz CT molecular complexity index is 502. The molecule has 0 amide bonds. The maximum Gasteiger partial charge on any atom is 0.141 e. The van der Waals surface area contributed by atoms with Crippen LogP contribution in [0.1, 0.15) is 23.7 Å². The fourth-order valence-corrected chi connectivity index (χ4v) is 2.09. The number of aryl methyl sites for hydroxylation is 2. The minimum absolute atomic E-state index is 0.762. The summed E-state index contributed by atoms with van der Waals surface area (Å²) >= 11 is 3.45. The van der Waals surface area contributed by atoms with E-state index in [1.165, 1.54) is 11.1 Å². The number of nitrogen functional groups attached to an aromatic ring is 1. The summed E-state index contributed by atoms with van der Waals surface area (Å²) in [6.07, 6.45) is 2.91. The van der Waals surface area contributed by atoms with E-state index < -0.39 is 0 Å². The number of aromatic nitrogens is 2. The van der Waals surface area contributed by atoms with Crippen molar-refractivity contribution in [1.29, 1.82) is 0 Å². The first-order valence-electron chi connectivity index (χ1n) is 4.99. The highest BCUT2D eigenvalue weighted by Gasteiger charge is 2.09. The number of nitrogens with two attached hydrogens (primary N) is 1. The first-order chi connectivity index (χ1) is 7.17. The molecule has 2 N–H and O–H groups in total. The lowest BCUT2D eigenvalue weighted by atomic mass is 10.2. The maximum absolute atomic E-state index is 6.03. The minimum Gasteiger partial charge on any atom is -0.383 e. The van der Waals surface area contributed by atoms with Gasteiger partial charge in [0.15, 0.2) is 0 Å². The molecule has 0 aliphatic carbocycles. The Morgan fingerprint density at radius 1 is 1.53 bits per heavy atom. The Hall–Kier alpha value is -1.03. The van der Waals surface area contributed by atoms with Gasteiger partial charge in [-0.25, -0.2) is 4.98 Å². The molecule has 0 bridgehead atoms. The van der Waals surface area contributed by atoms with Crippen molar-refractivity contribution < 1.29 is 0 Å². The first kappa shape index (κ1) is 10.5. The summed E-state index contributed by atoms with van der Waals surface area (Å²) in [4.78, 5) is 4.53. The van der Waals surface area contributed by atoms with Crippen LogP contribution in [-0.4, -0.2) is 9.38 Å². The zero-order valence-electron chi connectivity index (χ0n) is 8.92. The number of anilines is 1. The van der Waals surface area contributed by atoms with Gasteiger partial charge in [-0.1, -0.05) is 28.9 Å². The SMILES string of the molecule is CCc1nc2c(C)cc(CBr)cn2c1N. The van der Waals surface area contributed by atoms with Gasteiger partial charge in [0.05, 0.1) is 5.69 Å². The van der Waals surface area contributed by atoms with E-state index in [2.05, 4.69) is 40.8 Å². The molecular formula is C11H14BrN3. The number of halogens is 1. The first-order valence-corrected chi connectivity index (χ1v) is 6.11. The third-order valence-electron chi connectivity index (χ3n) is 2.56. The summed E-state index contributed by atoms with van der Waals surface area (Å²) in [5.41, 5.74) is 10.4. The van der Waals surface area contributed by atoms with Gasteiger partial charge < -0.3 is 5.73 Å². The summed E-state index contributed by atoms with van der Waals surface area (Å²) in [6, 6.07) is 2.13. The van der Waals surface area contributed by atoms with E-state index in [4.69, 9.17) is 5.73 Å². The lowest BCUT2D eigenvalue weighted by molar-refractivity contribution is 1.07.